The Kier molecular flexibility index (Phi) is 3.90. The van der Waals surface area contributed by atoms with Crippen molar-refractivity contribution in [1.29, 1.82) is 0 Å². The lowest BCUT2D eigenvalue weighted by Gasteiger charge is -2.39. The fourth-order valence-electron chi connectivity index (χ4n) is 1.66. The number of hydrogen-bond acceptors (Lipinski definition) is 1. The molecule has 1 atom stereocenters. The number of carbonyl (C=O) groups excluding carboxylic acids is 1. The van der Waals surface area contributed by atoms with Gasteiger partial charge in [-0.25, -0.2) is 0 Å². The highest BCUT2D eigenvalue weighted by atomic mass is 29.3. The van der Waals surface area contributed by atoms with Crippen LogP contribution in [-0.4, -0.2) is 21.4 Å². The first kappa shape index (κ1) is 13.2. The number of allylic oxidation sites excluding steroid dienone is 1. The largest absolute Gasteiger partial charge is 0.359 e. The Morgan fingerprint density at radius 3 is 1.93 bits per heavy atom. The predicted octanol–water partition coefficient (Wildman–Crippen LogP) is 1.86. The van der Waals surface area contributed by atoms with Crippen LogP contribution in [0.5, 0.6) is 0 Å². The van der Waals surface area contributed by atoms with E-state index in [-0.39, 0.29) is 0 Å². The Balaban J connectivity index is 5.31. The molecule has 80 valence electrons. The average molecular weight is 228 g/mol. The SMILES string of the molecule is C=C[Si](NC(N)=O)(C(=C)C)[Si](C)(C)C. The molecule has 0 radical (unpaired) electrons. The Morgan fingerprint density at radius 2 is 1.86 bits per heavy atom. The molecule has 0 aliphatic rings. The van der Waals surface area contributed by atoms with Gasteiger partial charge >= 0.3 is 6.03 Å². The van der Waals surface area contributed by atoms with Crippen LogP contribution in [0.2, 0.25) is 19.6 Å². The van der Waals surface area contributed by atoms with Crippen LogP contribution < -0.4 is 10.7 Å². The number of urea groups is 1. The molecule has 0 bridgehead atoms. The lowest BCUT2D eigenvalue weighted by atomic mass is 10.8. The minimum atomic E-state index is -2.13. The van der Waals surface area contributed by atoms with Crippen molar-refractivity contribution in [2.24, 2.45) is 5.73 Å². The van der Waals surface area contributed by atoms with Crippen molar-refractivity contribution in [3.8, 4) is 0 Å². The fourth-order valence-corrected chi connectivity index (χ4v) is 12.2. The van der Waals surface area contributed by atoms with Crippen LogP contribution in [0.15, 0.2) is 24.1 Å². The van der Waals surface area contributed by atoms with Crippen molar-refractivity contribution in [2.75, 3.05) is 0 Å². The van der Waals surface area contributed by atoms with E-state index in [1.54, 1.807) is 0 Å². The summed E-state index contributed by atoms with van der Waals surface area (Å²) in [5.41, 5.74) is 7.09. The average Bonchev–Trinajstić information content (AvgIpc) is 1.96. The molecule has 0 rings (SSSR count). The molecule has 0 heterocycles. The van der Waals surface area contributed by atoms with Crippen molar-refractivity contribution in [3.05, 3.63) is 24.1 Å². The standard InChI is InChI=1S/C9H20N2OSi2/c1-7-14(8(2)3,11-9(10)12)13(4,5)6/h7H,1-2H2,3-6H3,(H3,10,11,12). The summed E-state index contributed by atoms with van der Waals surface area (Å²) in [6.07, 6.45) is 0. The number of hydrogen-bond donors (Lipinski definition) is 2. The number of amides is 2. The lowest BCUT2D eigenvalue weighted by molar-refractivity contribution is 0.253. The zero-order chi connectivity index (χ0) is 11.6. The highest BCUT2D eigenvalue weighted by Crippen LogP contribution is 2.23. The van der Waals surface area contributed by atoms with Gasteiger partial charge < -0.3 is 10.7 Å². The van der Waals surface area contributed by atoms with Gasteiger partial charge in [-0.15, -0.1) is 13.2 Å². The second-order valence-electron chi connectivity index (χ2n) is 4.53. The van der Waals surface area contributed by atoms with Gasteiger partial charge in [0.05, 0.1) is 7.59 Å². The van der Waals surface area contributed by atoms with Crippen molar-refractivity contribution in [2.45, 2.75) is 26.6 Å². The van der Waals surface area contributed by atoms with E-state index in [4.69, 9.17) is 5.73 Å². The van der Waals surface area contributed by atoms with Crippen LogP contribution in [0, 0.1) is 0 Å². The molecule has 0 fully saturated rings. The minimum absolute atomic E-state index is 0.470. The van der Waals surface area contributed by atoms with Gasteiger partial charge in [0.1, 0.15) is 0 Å². The summed E-state index contributed by atoms with van der Waals surface area (Å²) < 4.78 is 0. The van der Waals surface area contributed by atoms with E-state index in [1.807, 2.05) is 12.6 Å². The number of nitrogens with two attached hydrogens (primary N) is 1. The number of carbonyl (C=O) groups is 1. The van der Waals surface area contributed by atoms with Crippen molar-refractivity contribution >= 4 is 21.4 Å². The van der Waals surface area contributed by atoms with E-state index in [2.05, 4.69) is 37.8 Å². The summed E-state index contributed by atoms with van der Waals surface area (Å²) in [6, 6.07) is -0.470. The third kappa shape index (κ3) is 2.36. The maximum atomic E-state index is 11.0. The summed E-state index contributed by atoms with van der Waals surface area (Å²) in [7, 11) is -3.68. The van der Waals surface area contributed by atoms with Crippen molar-refractivity contribution < 1.29 is 4.79 Å². The van der Waals surface area contributed by atoms with E-state index in [0.717, 1.165) is 5.20 Å². The lowest BCUT2D eigenvalue weighted by Crippen LogP contribution is -2.69. The smallest absolute Gasteiger partial charge is 0.304 e. The maximum absolute atomic E-state index is 11.0. The molecular formula is C9H20N2OSi2. The highest BCUT2D eigenvalue weighted by molar-refractivity contribution is 7.45. The van der Waals surface area contributed by atoms with E-state index in [9.17, 15) is 4.79 Å². The summed E-state index contributed by atoms with van der Waals surface area (Å²) in [5, 5.41) is 1.02. The van der Waals surface area contributed by atoms with Crippen LogP contribution in [-0.2, 0) is 0 Å². The zero-order valence-electron chi connectivity index (χ0n) is 9.48. The first-order chi connectivity index (χ1) is 6.17. The normalized spacial score (nSPS) is 15.4. The van der Waals surface area contributed by atoms with E-state index >= 15 is 0 Å². The van der Waals surface area contributed by atoms with Crippen LogP contribution in [0.1, 0.15) is 6.92 Å². The molecule has 0 saturated heterocycles. The number of nitrogens with one attached hydrogen (secondary N) is 1. The zero-order valence-corrected chi connectivity index (χ0v) is 11.5. The number of rotatable bonds is 4. The van der Waals surface area contributed by atoms with Gasteiger partial charge in [-0.1, -0.05) is 30.5 Å². The van der Waals surface area contributed by atoms with Gasteiger partial charge in [0.2, 0.25) is 0 Å². The minimum Gasteiger partial charge on any atom is -0.359 e. The molecule has 14 heavy (non-hydrogen) atoms. The molecule has 1 unspecified atom stereocenters. The van der Waals surface area contributed by atoms with Crippen molar-refractivity contribution in [3.63, 3.8) is 0 Å². The van der Waals surface area contributed by atoms with Gasteiger partial charge in [0.25, 0.3) is 0 Å². The summed E-state index contributed by atoms with van der Waals surface area (Å²) >= 11 is 0. The summed E-state index contributed by atoms with van der Waals surface area (Å²) in [6.45, 7) is 16.4. The Hall–Kier alpha value is -0.816. The molecule has 0 aliphatic heterocycles. The molecule has 0 aromatic heterocycles. The Bertz CT molecular complexity index is 270. The van der Waals surface area contributed by atoms with E-state index in [1.165, 1.54) is 0 Å². The molecule has 3 N–H and O–H groups in total. The predicted molar refractivity (Wildman–Crippen MR) is 66.8 cm³/mol. The molecule has 2 amide bonds. The molecule has 3 nitrogen and oxygen atoms in total. The first-order valence-electron chi connectivity index (χ1n) is 4.54. The van der Waals surface area contributed by atoms with Gasteiger partial charge in [0, 0.05) is 0 Å². The number of primary amides is 1. The summed E-state index contributed by atoms with van der Waals surface area (Å²) in [5.74, 6) is 0. The van der Waals surface area contributed by atoms with Crippen LogP contribution in [0.25, 0.3) is 0 Å². The van der Waals surface area contributed by atoms with Crippen LogP contribution in [0.3, 0.4) is 0 Å². The van der Waals surface area contributed by atoms with Crippen LogP contribution in [0.4, 0.5) is 4.79 Å². The Morgan fingerprint density at radius 1 is 1.43 bits per heavy atom. The third-order valence-electron chi connectivity index (χ3n) is 2.48. The molecule has 0 aromatic rings. The second-order valence-corrected chi connectivity index (χ2v) is 19.0. The van der Waals surface area contributed by atoms with E-state index < -0.39 is 21.4 Å². The molecule has 0 aliphatic carbocycles. The molecule has 5 heteroatoms. The van der Waals surface area contributed by atoms with Gasteiger partial charge in [-0.2, -0.15) is 0 Å². The first-order valence-corrected chi connectivity index (χ1v) is 11.1. The van der Waals surface area contributed by atoms with Gasteiger partial charge in [-0.3, -0.25) is 4.79 Å². The topological polar surface area (TPSA) is 55.1 Å². The van der Waals surface area contributed by atoms with Crippen molar-refractivity contribution in [1.82, 2.24) is 4.98 Å². The molecule has 0 saturated carbocycles. The second kappa shape index (κ2) is 4.14. The monoisotopic (exact) mass is 228 g/mol. The molecular weight excluding hydrogens is 208 g/mol. The maximum Gasteiger partial charge on any atom is 0.304 e. The molecule has 0 spiro atoms. The Labute approximate surface area is 88.0 Å². The van der Waals surface area contributed by atoms with Gasteiger partial charge in [-0.05, 0) is 6.92 Å². The third-order valence-corrected chi connectivity index (χ3v) is 16.8. The highest BCUT2D eigenvalue weighted by Gasteiger charge is 2.45. The molecule has 0 aromatic carbocycles. The summed E-state index contributed by atoms with van der Waals surface area (Å²) in [4.78, 5) is 13.9. The van der Waals surface area contributed by atoms with Crippen LogP contribution >= 0.6 is 0 Å². The quantitative estimate of drug-likeness (QED) is 0.709. The van der Waals surface area contributed by atoms with E-state index in [0.29, 0.717) is 0 Å². The fraction of sp³-hybridized carbons (Fsp3) is 0.444. The van der Waals surface area contributed by atoms with Gasteiger partial charge in [0.15, 0.2) is 7.75 Å².